The lowest BCUT2D eigenvalue weighted by Crippen LogP contribution is -2.00. The van der Waals surface area contributed by atoms with Gasteiger partial charge in [0.25, 0.3) is 0 Å². The van der Waals surface area contributed by atoms with E-state index in [0.29, 0.717) is 0 Å². The highest BCUT2D eigenvalue weighted by Crippen LogP contribution is 2.30. The average Bonchev–Trinajstić information content (AvgIpc) is 2.78. The molecule has 0 spiro atoms. The predicted octanol–water partition coefficient (Wildman–Crippen LogP) is 3.92. The zero-order chi connectivity index (χ0) is 14.3. The van der Waals surface area contributed by atoms with Gasteiger partial charge in [-0.1, -0.05) is 17.7 Å². The maximum atomic E-state index is 6.14. The fourth-order valence-electron chi connectivity index (χ4n) is 2.63. The Bertz CT molecular complexity index is 784. The van der Waals surface area contributed by atoms with Gasteiger partial charge in [-0.3, -0.25) is 0 Å². The van der Waals surface area contributed by atoms with Gasteiger partial charge in [-0.25, -0.2) is 4.98 Å². The van der Waals surface area contributed by atoms with E-state index in [1.807, 2.05) is 12.1 Å². The van der Waals surface area contributed by atoms with Crippen LogP contribution in [0, 0.1) is 13.8 Å². The fraction of sp³-hybridized carbons (Fsp3) is 0.235. The zero-order valence-corrected chi connectivity index (χ0v) is 12.1. The number of hydrogen-bond acceptors (Lipinski definition) is 2. The van der Waals surface area contributed by atoms with E-state index < -0.39 is 0 Å². The van der Waals surface area contributed by atoms with Crippen LogP contribution < -0.4 is 5.73 Å². The van der Waals surface area contributed by atoms with Crippen LogP contribution in [0.5, 0.6) is 0 Å². The van der Waals surface area contributed by atoms with Crippen molar-refractivity contribution in [1.82, 2.24) is 9.55 Å². The zero-order valence-electron chi connectivity index (χ0n) is 12.1. The minimum absolute atomic E-state index is 0.775. The molecule has 20 heavy (non-hydrogen) atoms. The number of nitrogens with two attached hydrogens (primary N) is 1. The highest BCUT2D eigenvalue weighted by atomic mass is 15.1. The van der Waals surface area contributed by atoms with E-state index >= 15 is 0 Å². The van der Waals surface area contributed by atoms with Gasteiger partial charge in [0, 0.05) is 17.8 Å². The first-order valence-electron chi connectivity index (χ1n) is 6.93. The fourth-order valence-corrected chi connectivity index (χ4v) is 2.63. The largest absolute Gasteiger partial charge is 0.398 e. The third-order valence-electron chi connectivity index (χ3n) is 3.67. The summed E-state index contributed by atoms with van der Waals surface area (Å²) in [7, 11) is 0. The Balaban J connectivity index is 2.32. The predicted molar refractivity (Wildman–Crippen MR) is 84.7 cm³/mol. The molecule has 3 rings (SSSR count). The van der Waals surface area contributed by atoms with Crippen LogP contribution in [-0.4, -0.2) is 9.55 Å². The van der Waals surface area contributed by atoms with Gasteiger partial charge < -0.3 is 10.3 Å². The van der Waals surface area contributed by atoms with Gasteiger partial charge in [0.15, 0.2) is 0 Å². The molecule has 3 nitrogen and oxygen atoms in total. The summed E-state index contributed by atoms with van der Waals surface area (Å²) in [5, 5.41) is 0. The molecule has 0 amide bonds. The number of anilines is 1. The molecule has 1 aromatic heterocycles. The van der Waals surface area contributed by atoms with E-state index in [4.69, 9.17) is 10.7 Å². The third kappa shape index (κ3) is 1.95. The number of rotatable bonds is 2. The molecule has 102 valence electrons. The van der Waals surface area contributed by atoms with Gasteiger partial charge in [-0.15, -0.1) is 0 Å². The molecule has 0 saturated heterocycles. The van der Waals surface area contributed by atoms with Crippen LogP contribution in [0.1, 0.15) is 18.1 Å². The molecular weight excluding hydrogens is 246 g/mol. The number of benzene rings is 2. The molecule has 1 heterocycles. The highest BCUT2D eigenvalue weighted by Gasteiger charge is 2.13. The number of fused-ring (bicyclic) bond motifs is 1. The molecule has 0 atom stereocenters. The minimum Gasteiger partial charge on any atom is -0.398 e. The van der Waals surface area contributed by atoms with E-state index in [9.17, 15) is 0 Å². The molecule has 0 aliphatic rings. The van der Waals surface area contributed by atoms with Gasteiger partial charge in [-0.05, 0) is 50.6 Å². The van der Waals surface area contributed by atoms with E-state index in [1.54, 1.807) is 0 Å². The lowest BCUT2D eigenvalue weighted by molar-refractivity contribution is 0.796. The van der Waals surface area contributed by atoms with Gasteiger partial charge in [0.05, 0.1) is 11.0 Å². The van der Waals surface area contributed by atoms with E-state index in [0.717, 1.165) is 34.7 Å². The SMILES string of the molecule is CCn1c(-c2cc(C)ccc2N)nc2cc(C)ccc21. The number of nitrogen functional groups attached to an aromatic ring is 1. The van der Waals surface area contributed by atoms with Crippen molar-refractivity contribution >= 4 is 16.7 Å². The summed E-state index contributed by atoms with van der Waals surface area (Å²) >= 11 is 0. The van der Waals surface area contributed by atoms with Gasteiger partial charge in [0.1, 0.15) is 5.82 Å². The summed E-state index contributed by atoms with van der Waals surface area (Å²) < 4.78 is 2.22. The Hall–Kier alpha value is -2.29. The van der Waals surface area contributed by atoms with Crippen molar-refractivity contribution in [3.8, 4) is 11.4 Å². The van der Waals surface area contributed by atoms with Crippen molar-refractivity contribution in [2.45, 2.75) is 27.3 Å². The molecule has 0 bridgehead atoms. The Labute approximate surface area is 119 Å². The molecule has 2 aromatic carbocycles. The van der Waals surface area contributed by atoms with Crippen LogP contribution in [0.25, 0.3) is 22.4 Å². The second-order valence-electron chi connectivity index (χ2n) is 5.26. The van der Waals surface area contributed by atoms with E-state index in [1.165, 1.54) is 11.1 Å². The summed E-state index contributed by atoms with van der Waals surface area (Å²) in [6.07, 6.45) is 0. The topological polar surface area (TPSA) is 43.8 Å². The van der Waals surface area contributed by atoms with E-state index in [-0.39, 0.29) is 0 Å². The van der Waals surface area contributed by atoms with Gasteiger partial charge in [-0.2, -0.15) is 0 Å². The standard InChI is InChI=1S/C17H19N3/c1-4-20-16-8-6-12(3)10-15(16)19-17(20)13-9-11(2)5-7-14(13)18/h5-10H,4,18H2,1-3H3. The van der Waals surface area contributed by atoms with E-state index in [2.05, 4.69) is 49.6 Å². The van der Waals surface area contributed by atoms with Crippen molar-refractivity contribution in [2.24, 2.45) is 0 Å². The average molecular weight is 265 g/mol. The molecule has 0 radical (unpaired) electrons. The molecule has 0 saturated carbocycles. The van der Waals surface area contributed by atoms with Crippen LogP contribution in [0.3, 0.4) is 0 Å². The number of aromatic nitrogens is 2. The number of nitrogens with zero attached hydrogens (tertiary/aromatic N) is 2. The molecular formula is C17H19N3. The van der Waals surface area contributed by atoms with Gasteiger partial charge >= 0.3 is 0 Å². The molecule has 0 aliphatic carbocycles. The Morgan fingerprint density at radius 3 is 2.50 bits per heavy atom. The van der Waals surface area contributed by atoms with Crippen LogP contribution in [0.2, 0.25) is 0 Å². The van der Waals surface area contributed by atoms with Crippen molar-refractivity contribution in [1.29, 1.82) is 0 Å². The quantitative estimate of drug-likeness (QED) is 0.714. The first kappa shape index (κ1) is 12.7. The van der Waals surface area contributed by atoms with Gasteiger partial charge in [0.2, 0.25) is 0 Å². The second-order valence-corrected chi connectivity index (χ2v) is 5.26. The lowest BCUT2D eigenvalue weighted by atomic mass is 10.1. The van der Waals surface area contributed by atoms with Crippen molar-refractivity contribution in [3.63, 3.8) is 0 Å². The lowest BCUT2D eigenvalue weighted by Gasteiger charge is -2.09. The molecule has 0 unspecified atom stereocenters. The molecule has 0 fully saturated rings. The van der Waals surface area contributed by atoms with Crippen LogP contribution in [-0.2, 0) is 6.54 Å². The molecule has 2 N–H and O–H groups in total. The Morgan fingerprint density at radius 2 is 1.75 bits per heavy atom. The van der Waals surface area contributed by atoms with Crippen LogP contribution in [0.4, 0.5) is 5.69 Å². The molecule has 3 aromatic rings. The second kappa shape index (κ2) is 4.67. The molecule has 0 aliphatic heterocycles. The number of imidazole rings is 1. The monoisotopic (exact) mass is 265 g/mol. The maximum Gasteiger partial charge on any atom is 0.143 e. The summed E-state index contributed by atoms with van der Waals surface area (Å²) in [4.78, 5) is 4.80. The highest BCUT2D eigenvalue weighted by molar-refractivity contribution is 5.84. The summed E-state index contributed by atoms with van der Waals surface area (Å²) in [5.41, 5.74) is 12.5. The minimum atomic E-state index is 0.775. The Morgan fingerprint density at radius 1 is 1.05 bits per heavy atom. The smallest absolute Gasteiger partial charge is 0.143 e. The summed E-state index contributed by atoms with van der Waals surface area (Å²) in [6.45, 7) is 7.18. The van der Waals surface area contributed by atoms with Crippen LogP contribution >= 0.6 is 0 Å². The first-order valence-corrected chi connectivity index (χ1v) is 6.93. The number of aryl methyl sites for hydroxylation is 3. The van der Waals surface area contributed by atoms with Crippen molar-refractivity contribution < 1.29 is 0 Å². The van der Waals surface area contributed by atoms with Crippen molar-refractivity contribution in [3.05, 3.63) is 47.5 Å². The number of hydrogen-bond donors (Lipinski definition) is 1. The Kier molecular flexibility index (Phi) is 2.97. The maximum absolute atomic E-state index is 6.14. The van der Waals surface area contributed by atoms with Crippen molar-refractivity contribution in [2.75, 3.05) is 5.73 Å². The third-order valence-corrected chi connectivity index (χ3v) is 3.67. The summed E-state index contributed by atoms with van der Waals surface area (Å²) in [5.74, 6) is 0.953. The first-order chi connectivity index (χ1) is 9.60. The molecule has 3 heteroatoms. The van der Waals surface area contributed by atoms with Crippen LogP contribution in [0.15, 0.2) is 36.4 Å². The normalized spacial score (nSPS) is 11.2. The summed E-state index contributed by atoms with van der Waals surface area (Å²) in [6, 6.07) is 12.5.